The lowest BCUT2D eigenvalue weighted by Crippen LogP contribution is -2.15. The van der Waals surface area contributed by atoms with Crippen LogP contribution in [0.25, 0.3) is 22.4 Å². The summed E-state index contributed by atoms with van der Waals surface area (Å²) in [5.74, 6) is 1.29. The predicted molar refractivity (Wildman–Crippen MR) is 92.1 cm³/mol. The number of nitrogens with zero attached hydrogens (tertiary/aromatic N) is 3. The number of amidine groups is 1. The third-order valence-corrected chi connectivity index (χ3v) is 3.46. The molecule has 0 aliphatic rings. The van der Waals surface area contributed by atoms with Gasteiger partial charge in [-0.25, -0.2) is 4.98 Å². The van der Waals surface area contributed by atoms with Crippen LogP contribution in [0.5, 0.6) is 0 Å². The summed E-state index contributed by atoms with van der Waals surface area (Å²) in [5.41, 5.74) is 10.2. The van der Waals surface area contributed by atoms with Crippen molar-refractivity contribution in [3.05, 3.63) is 53.6 Å². The van der Waals surface area contributed by atoms with Gasteiger partial charge >= 0.3 is 0 Å². The normalized spacial score (nSPS) is 11.8. The lowest BCUT2D eigenvalue weighted by Gasteiger charge is -2.03. The zero-order valence-corrected chi connectivity index (χ0v) is 13.0. The van der Waals surface area contributed by atoms with Gasteiger partial charge in [-0.2, -0.15) is 5.26 Å². The number of fused-ring (bicyclic) bond motifs is 1. The van der Waals surface area contributed by atoms with Gasteiger partial charge in [0.2, 0.25) is 0 Å². The van der Waals surface area contributed by atoms with Crippen LogP contribution in [0.3, 0.4) is 0 Å². The molecule has 0 fully saturated rings. The summed E-state index contributed by atoms with van der Waals surface area (Å²) < 4.78 is 0. The number of aromatic nitrogens is 2. The first-order valence-electron chi connectivity index (χ1n) is 7.41. The van der Waals surface area contributed by atoms with E-state index in [0.717, 1.165) is 28.0 Å². The van der Waals surface area contributed by atoms with Crippen LogP contribution in [0.4, 0.5) is 0 Å². The Hall–Kier alpha value is -3.13. The van der Waals surface area contributed by atoms with Crippen molar-refractivity contribution in [1.29, 1.82) is 5.26 Å². The molecule has 0 saturated heterocycles. The highest BCUT2D eigenvalue weighted by Crippen LogP contribution is 2.21. The highest BCUT2D eigenvalue weighted by molar-refractivity contribution is 6.00. The third-order valence-electron chi connectivity index (χ3n) is 3.46. The van der Waals surface area contributed by atoms with Crippen molar-refractivity contribution in [1.82, 2.24) is 9.97 Å². The van der Waals surface area contributed by atoms with Crippen molar-refractivity contribution in [2.24, 2.45) is 10.7 Å². The van der Waals surface area contributed by atoms with Gasteiger partial charge < -0.3 is 10.7 Å². The van der Waals surface area contributed by atoms with Gasteiger partial charge in [0.25, 0.3) is 0 Å². The van der Waals surface area contributed by atoms with E-state index in [2.05, 4.69) is 21.0 Å². The highest BCUT2D eigenvalue weighted by atomic mass is 14.9. The molecule has 0 radical (unpaired) electrons. The molecule has 0 spiro atoms. The SMILES string of the molecule is CC(C)N=C(N)c1ccc2nc(-c3ccc(C#N)cc3)[nH]c2c1. The average molecular weight is 303 g/mol. The number of imidazole rings is 1. The molecule has 1 aromatic heterocycles. The van der Waals surface area contributed by atoms with Gasteiger partial charge in [0.15, 0.2) is 0 Å². The molecule has 0 aliphatic carbocycles. The van der Waals surface area contributed by atoms with Crippen molar-refractivity contribution >= 4 is 16.9 Å². The van der Waals surface area contributed by atoms with Crippen molar-refractivity contribution in [3.63, 3.8) is 0 Å². The Kier molecular flexibility index (Phi) is 3.82. The maximum Gasteiger partial charge on any atom is 0.138 e. The number of rotatable bonds is 3. The van der Waals surface area contributed by atoms with Crippen molar-refractivity contribution in [2.45, 2.75) is 19.9 Å². The average Bonchev–Trinajstić information content (AvgIpc) is 2.97. The zero-order chi connectivity index (χ0) is 16.4. The summed E-state index contributed by atoms with van der Waals surface area (Å²) in [7, 11) is 0. The van der Waals surface area contributed by atoms with Crippen molar-refractivity contribution < 1.29 is 0 Å². The maximum atomic E-state index is 8.86. The smallest absolute Gasteiger partial charge is 0.138 e. The molecule has 3 aromatic rings. The molecule has 0 atom stereocenters. The van der Waals surface area contributed by atoms with Crippen LogP contribution in [-0.4, -0.2) is 21.8 Å². The number of H-pyrrole nitrogens is 1. The number of hydrogen-bond donors (Lipinski definition) is 2. The van der Waals surface area contributed by atoms with Gasteiger partial charge in [-0.05, 0) is 56.3 Å². The maximum absolute atomic E-state index is 8.86. The molecule has 2 aromatic carbocycles. The van der Waals surface area contributed by atoms with E-state index in [9.17, 15) is 0 Å². The summed E-state index contributed by atoms with van der Waals surface area (Å²) in [6.45, 7) is 3.98. The summed E-state index contributed by atoms with van der Waals surface area (Å²) in [5, 5.41) is 8.86. The minimum atomic E-state index is 0.154. The van der Waals surface area contributed by atoms with E-state index < -0.39 is 0 Å². The Bertz CT molecular complexity index is 911. The fourth-order valence-electron chi connectivity index (χ4n) is 2.36. The Morgan fingerprint density at radius 2 is 1.96 bits per heavy atom. The number of nitrogens with one attached hydrogen (secondary N) is 1. The van der Waals surface area contributed by atoms with Crippen LogP contribution in [0, 0.1) is 11.3 Å². The van der Waals surface area contributed by atoms with Crippen LogP contribution in [0.15, 0.2) is 47.5 Å². The largest absolute Gasteiger partial charge is 0.383 e. The second-order valence-electron chi connectivity index (χ2n) is 5.61. The standard InChI is InChI=1S/C18H17N5/c1-11(2)21-17(20)14-7-8-15-16(9-14)23-18(22-15)13-5-3-12(10-19)4-6-13/h3-9,11H,1-2H3,(H2,20,21)(H,22,23). The Balaban J connectivity index is 2.00. The van der Waals surface area contributed by atoms with Gasteiger partial charge in [-0.3, -0.25) is 4.99 Å². The van der Waals surface area contributed by atoms with E-state index in [1.807, 2.05) is 44.2 Å². The monoisotopic (exact) mass is 303 g/mol. The fourth-order valence-corrected chi connectivity index (χ4v) is 2.36. The van der Waals surface area contributed by atoms with Crippen LogP contribution in [0.1, 0.15) is 25.0 Å². The van der Waals surface area contributed by atoms with E-state index in [-0.39, 0.29) is 6.04 Å². The topological polar surface area (TPSA) is 90.8 Å². The number of benzene rings is 2. The molecule has 5 nitrogen and oxygen atoms in total. The van der Waals surface area contributed by atoms with Gasteiger partial charge in [0.1, 0.15) is 11.7 Å². The summed E-state index contributed by atoms with van der Waals surface area (Å²) in [4.78, 5) is 12.2. The quantitative estimate of drug-likeness (QED) is 0.575. The van der Waals surface area contributed by atoms with E-state index in [1.54, 1.807) is 12.1 Å². The minimum Gasteiger partial charge on any atom is -0.383 e. The molecule has 0 saturated carbocycles. The van der Waals surface area contributed by atoms with Crippen molar-refractivity contribution in [3.8, 4) is 17.5 Å². The molecule has 0 amide bonds. The zero-order valence-electron chi connectivity index (χ0n) is 13.0. The molecule has 0 unspecified atom stereocenters. The molecule has 3 N–H and O–H groups in total. The minimum absolute atomic E-state index is 0.154. The fraction of sp³-hybridized carbons (Fsp3) is 0.167. The summed E-state index contributed by atoms with van der Waals surface area (Å²) in [6, 6.07) is 15.4. The molecule has 0 bridgehead atoms. The molecule has 114 valence electrons. The second-order valence-corrected chi connectivity index (χ2v) is 5.61. The van der Waals surface area contributed by atoms with Gasteiger partial charge in [0.05, 0.1) is 22.7 Å². The Morgan fingerprint density at radius 1 is 1.22 bits per heavy atom. The summed E-state index contributed by atoms with van der Waals surface area (Å²) in [6.07, 6.45) is 0. The van der Waals surface area contributed by atoms with E-state index in [0.29, 0.717) is 11.4 Å². The molecular weight excluding hydrogens is 286 g/mol. The first kappa shape index (κ1) is 14.8. The van der Waals surface area contributed by atoms with Gasteiger partial charge in [-0.15, -0.1) is 0 Å². The van der Waals surface area contributed by atoms with Crippen LogP contribution < -0.4 is 5.73 Å². The lowest BCUT2D eigenvalue weighted by molar-refractivity contribution is 0.834. The molecule has 0 aliphatic heterocycles. The van der Waals surface area contributed by atoms with Gasteiger partial charge in [-0.1, -0.05) is 0 Å². The Morgan fingerprint density at radius 3 is 2.61 bits per heavy atom. The summed E-state index contributed by atoms with van der Waals surface area (Å²) >= 11 is 0. The number of nitrogens with two attached hydrogens (primary N) is 1. The van der Waals surface area contributed by atoms with Gasteiger partial charge in [0, 0.05) is 17.2 Å². The first-order valence-corrected chi connectivity index (χ1v) is 7.41. The number of nitriles is 1. The molecular formula is C18H17N5. The van der Waals surface area contributed by atoms with Crippen LogP contribution in [0.2, 0.25) is 0 Å². The number of aromatic amines is 1. The lowest BCUT2D eigenvalue weighted by atomic mass is 10.1. The Labute approximate surface area is 134 Å². The second kappa shape index (κ2) is 5.93. The number of hydrogen-bond acceptors (Lipinski definition) is 3. The van der Waals surface area contributed by atoms with Crippen LogP contribution in [-0.2, 0) is 0 Å². The molecule has 1 heterocycles. The third kappa shape index (κ3) is 3.06. The van der Waals surface area contributed by atoms with E-state index in [4.69, 9.17) is 11.0 Å². The molecule has 3 rings (SSSR count). The highest BCUT2D eigenvalue weighted by Gasteiger charge is 2.08. The van der Waals surface area contributed by atoms with E-state index >= 15 is 0 Å². The van der Waals surface area contributed by atoms with Crippen LogP contribution >= 0.6 is 0 Å². The predicted octanol–water partition coefficient (Wildman–Crippen LogP) is 3.22. The molecule has 5 heteroatoms. The van der Waals surface area contributed by atoms with Crippen molar-refractivity contribution in [2.75, 3.05) is 0 Å². The van der Waals surface area contributed by atoms with E-state index in [1.165, 1.54) is 0 Å². The first-order chi connectivity index (χ1) is 11.1. The number of aliphatic imine (C=N–C) groups is 1. The molecule has 23 heavy (non-hydrogen) atoms.